The summed E-state index contributed by atoms with van der Waals surface area (Å²) in [5, 5.41) is 8.68. The topological polar surface area (TPSA) is 113 Å². The van der Waals surface area contributed by atoms with Crippen LogP contribution in [0.25, 0.3) is 38.9 Å². The van der Waals surface area contributed by atoms with E-state index in [4.69, 9.17) is 4.74 Å². The molecule has 1 fully saturated rings. The van der Waals surface area contributed by atoms with Gasteiger partial charge in [-0.2, -0.15) is 0 Å². The van der Waals surface area contributed by atoms with Gasteiger partial charge in [0.1, 0.15) is 5.60 Å². The predicted molar refractivity (Wildman–Crippen MR) is 142 cm³/mol. The molecule has 4 aromatic heterocycles. The number of carbonyl (C=O) groups excluding carboxylic acids is 1. The van der Waals surface area contributed by atoms with E-state index in [-0.39, 0.29) is 17.8 Å². The normalized spacial score (nSPS) is 16.0. The van der Waals surface area contributed by atoms with Gasteiger partial charge in [-0.1, -0.05) is 11.3 Å². The SMILES string of the molecule is Cn1c(=O)n([C@H]2CCN(C(=O)OC(C)(C)C)C2)c2c3cc(-c4ccc(-n5ccnn5)nc4)ccc3ncc21. The lowest BCUT2D eigenvalue weighted by atomic mass is 10.0. The highest BCUT2D eigenvalue weighted by molar-refractivity contribution is 6.04. The Bertz CT molecular complexity index is 1710. The number of hydrogen-bond acceptors (Lipinski definition) is 7. The van der Waals surface area contributed by atoms with E-state index in [1.54, 1.807) is 46.0 Å². The van der Waals surface area contributed by atoms with Gasteiger partial charge in [-0.05, 0) is 57.0 Å². The van der Waals surface area contributed by atoms with Gasteiger partial charge in [0.05, 0.1) is 41.2 Å². The van der Waals surface area contributed by atoms with E-state index in [9.17, 15) is 9.59 Å². The number of nitrogens with zero attached hydrogens (tertiary/aromatic N) is 8. The molecule has 38 heavy (non-hydrogen) atoms. The second-order valence-corrected chi connectivity index (χ2v) is 10.6. The van der Waals surface area contributed by atoms with Crippen LogP contribution in [0.1, 0.15) is 33.2 Å². The van der Waals surface area contributed by atoms with Crippen molar-refractivity contribution in [2.75, 3.05) is 13.1 Å². The number of carbonyl (C=O) groups is 1. The highest BCUT2D eigenvalue weighted by Gasteiger charge is 2.33. The van der Waals surface area contributed by atoms with Gasteiger partial charge in [-0.25, -0.2) is 19.3 Å². The van der Waals surface area contributed by atoms with Crippen molar-refractivity contribution in [3.05, 3.63) is 65.6 Å². The fourth-order valence-electron chi connectivity index (χ4n) is 5.01. The first-order valence-corrected chi connectivity index (χ1v) is 12.5. The van der Waals surface area contributed by atoms with E-state index in [0.717, 1.165) is 33.1 Å². The molecule has 0 aliphatic carbocycles. The van der Waals surface area contributed by atoms with Crippen molar-refractivity contribution in [1.82, 2.24) is 39.0 Å². The van der Waals surface area contributed by atoms with Crippen LogP contribution in [0.4, 0.5) is 4.79 Å². The molecule has 5 heterocycles. The zero-order chi connectivity index (χ0) is 26.6. The lowest BCUT2D eigenvalue weighted by Crippen LogP contribution is -2.36. The second kappa shape index (κ2) is 8.79. The predicted octanol–water partition coefficient (Wildman–Crippen LogP) is 3.71. The summed E-state index contributed by atoms with van der Waals surface area (Å²) in [5.74, 6) is 0.670. The molecule has 0 spiro atoms. The van der Waals surface area contributed by atoms with E-state index >= 15 is 0 Å². The van der Waals surface area contributed by atoms with Gasteiger partial charge in [0, 0.05) is 37.3 Å². The summed E-state index contributed by atoms with van der Waals surface area (Å²) in [4.78, 5) is 37.0. The molecule has 1 atom stereocenters. The third-order valence-corrected chi connectivity index (χ3v) is 6.83. The first-order valence-electron chi connectivity index (χ1n) is 12.5. The van der Waals surface area contributed by atoms with Gasteiger partial charge < -0.3 is 9.64 Å². The third kappa shape index (κ3) is 4.09. The Balaban J connectivity index is 1.41. The molecule has 0 bridgehead atoms. The van der Waals surface area contributed by atoms with Gasteiger partial charge in [-0.3, -0.25) is 14.1 Å². The van der Waals surface area contributed by atoms with Crippen LogP contribution in [0, 0.1) is 0 Å². The van der Waals surface area contributed by atoms with E-state index < -0.39 is 5.60 Å². The minimum atomic E-state index is -0.577. The number of amides is 1. The molecule has 1 aliphatic rings. The van der Waals surface area contributed by atoms with Crippen molar-refractivity contribution in [3.8, 4) is 16.9 Å². The molecular formula is C27H28N8O3. The molecule has 0 N–H and O–H groups in total. The Labute approximate surface area is 218 Å². The Morgan fingerprint density at radius 1 is 1.08 bits per heavy atom. The number of hydrogen-bond donors (Lipinski definition) is 0. The number of benzene rings is 1. The molecule has 11 nitrogen and oxygen atoms in total. The molecule has 6 rings (SSSR count). The Morgan fingerprint density at radius 2 is 1.89 bits per heavy atom. The van der Waals surface area contributed by atoms with Crippen LogP contribution in [0.3, 0.4) is 0 Å². The van der Waals surface area contributed by atoms with Gasteiger partial charge in [0.15, 0.2) is 5.82 Å². The average molecular weight is 513 g/mol. The van der Waals surface area contributed by atoms with E-state index in [1.165, 1.54) is 0 Å². The van der Waals surface area contributed by atoms with Crippen molar-refractivity contribution < 1.29 is 9.53 Å². The third-order valence-electron chi connectivity index (χ3n) is 6.83. The van der Waals surface area contributed by atoms with Gasteiger partial charge in [0.2, 0.25) is 0 Å². The highest BCUT2D eigenvalue weighted by Crippen LogP contribution is 2.32. The summed E-state index contributed by atoms with van der Waals surface area (Å²) >= 11 is 0. The molecule has 0 radical (unpaired) electrons. The lowest BCUT2D eigenvalue weighted by molar-refractivity contribution is 0.0289. The number of aromatic nitrogens is 7. The number of imidazole rings is 1. The molecular weight excluding hydrogens is 484 g/mol. The first kappa shape index (κ1) is 23.8. The summed E-state index contributed by atoms with van der Waals surface area (Å²) in [6, 6.07) is 9.70. The van der Waals surface area contributed by atoms with E-state index in [0.29, 0.717) is 25.3 Å². The molecule has 5 aromatic rings. The van der Waals surface area contributed by atoms with Crippen LogP contribution in [0.2, 0.25) is 0 Å². The maximum Gasteiger partial charge on any atom is 0.410 e. The Morgan fingerprint density at radius 3 is 2.61 bits per heavy atom. The van der Waals surface area contributed by atoms with Crippen molar-refractivity contribution in [2.24, 2.45) is 7.05 Å². The first-order chi connectivity index (χ1) is 18.2. The quantitative estimate of drug-likeness (QED) is 0.362. The number of aryl methyl sites for hydroxylation is 1. The second-order valence-electron chi connectivity index (χ2n) is 10.6. The Kier molecular flexibility index (Phi) is 5.51. The molecule has 11 heteroatoms. The van der Waals surface area contributed by atoms with E-state index in [1.807, 2.05) is 55.7 Å². The van der Waals surface area contributed by atoms with Crippen LogP contribution >= 0.6 is 0 Å². The van der Waals surface area contributed by atoms with Crippen molar-refractivity contribution in [3.63, 3.8) is 0 Å². The van der Waals surface area contributed by atoms with Crippen LogP contribution in [-0.2, 0) is 11.8 Å². The molecule has 1 saturated heterocycles. The molecule has 194 valence electrons. The summed E-state index contributed by atoms with van der Waals surface area (Å²) in [5.41, 5.74) is 3.52. The van der Waals surface area contributed by atoms with Crippen LogP contribution in [-0.4, -0.2) is 63.8 Å². The fraction of sp³-hybridized carbons (Fsp3) is 0.333. The number of pyridine rings is 2. The van der Waals surface area contributed by atoms with Gasteiger partial charge >= 0.3 is 11.8 Å². The maximum absolute atomic E-state index is 13.5. The minimum Gasteiger partial charge on any atom is -0.444 e. The van der Waals surface area contributed by atoms with Crippen molar-refractivity contribution in [2.45, 2.75) is 38.8 Å². The average Bonchev–Trinajstić information content (AvgIpc) is 3.64. The zero-order valence-corrected chi connectivity index (χ0v) is 21.7. The highest BCUT2D eigenvalue weighted by atomic mass is 16.6. The van der Waals surface area contributed by atoms with Gasteiger partial charge in [-0.15, -0.1) is 5.10 Å². The summed E-state index contributed by atoms with van der Waals surface area (Å²) in [6.07, 6.45) is 7.18. The fourth-order valence-corrected chi connectivity index (χ4v) is 5.01. The molecule has 1 amide bonds. The smallest absolute Gasteiger partial charge is 0.410 e. The van der Waals surface area contributed by atoms with Crippen LogP contribution in [0.15, 0.2) is 59.9 Å². The van der Waals surface area contributed by atoms with Crippen molar-refractivity contribution >= 4 is 28.0 Å². The lowest BCUT2D eigenvalue weighted by Gasteiger charge is -2.24. The zero-order valence-electron chi connectivity index (χ0n) is 21.7. The largest absolute Gasteiger partial charge is 0.444 e. The molecule has 0 saturated carbocycles. The summed E-state index contributed by atoms with van der Waals surface area (Å²) < 4.78 is 10.6. The monoisotopic (exact) mass is 512 g/mol. The number of fused-ring (bicyclic) bond motifs is 3. The molecule has 0 unspecified atom stereocenters. The Hall–Kier alpha value is -4.54. The van der Waals surface area contributed by atoms with E-state index in [2.05, 4.69) is 20.3 Å². The molecule has 1 aliphatic heterocycles. The van der Waals surface area contributed by atoms with Gasteiger partial charge in [0.25, 0.3) is 0 Å². The minimum absolute atomic E-state index is 0.130. The van der Waals surface area contributed by atoms with Crippen LogP contribution < -0.4 is 5.69 Å². The summed E-state index contributed by atoms with van der Waals surface area (Å²) in [6.45, 7) is 6.48. The molecule has 1 aromatic carbocycles. The van der Waals surface area contributed by atoms with Crippen LogP contribution in [0.5, 0.6) is 0 Å². The van der Waals surface area contributed by atoms with Crippen molar-refractivity contribution in [1.29, 1.82) is 0 Å². The maximum atomic E-state index is 13.5. The summed E-state index contributed by atoms with van der Waals surface area (Å²) in [7, 11) is 1.76. The number of rotatable bonds is 3. The standard InChI is InChI=1S/C27H28N8O3/c1-27(2,3)38-26(37)33-11-9-19(16-33)35-24-20-13-17(5-7-21(20)28-15-22(24)32(4)25(35)36)18-6-8-23(29-14-18)34-12-10-30-31-34/h5-8,10,12-15,19H,9,11,16H2,1-4H3/t19-/m0/s1. The number of ether oxygens (including phenoxy) is 1. The number of likely N-dealkylation sites (tertiary alicyclic amines) is 1.